The van der Waals surface area contributed by atoms with Gasteiger partial charge in [-0.2, -0.15) is 4.20 Å². The van der Waals surface area contributed by atoms with Gasteiger partial charge in [-0.3, -0.25) is 4.57 Å². The van der Waals surface area contributed by atoms with Crippen molar-refractivity contribution in [1.29, 1.82) is 0 Å². The zero-order valence-electron chi connectivity index (χ0n) is 6.92. The lowest BCUT2D eigenvalue weighted by Gasteiger charge is -2.11. The second-order valence-corrected chi connectivity index (χ2v) is 5.10. The largest absolute Gasteiger partial charge is 0.364 e. The zero-order valence-corrected chi connectivity index (χ0v) is 7.81. The van der Waals surface area contributed by atoms with Crippen LogP contribution >= 0.6 is 7.68 Å². The van der Waals surface area contributed by atoms with E-state index < -0.39 is 7.68 Å². The van der Waals surface area contributed by atoms with Gasteiger partial charge in [-0.25, -0.2) is 0 Å². The zero-order chi connectivity index (χ0) is 8.48. The van der Waals surface area contributed by atoms with E-state index in [1.165, 1.54) is 0 Å². The molecule has 1 saturated carbocycles. The molecular formula is C7H14FO2P. The van der Waals surface area contributed by atoms with Gasteiger partial charge in [0.05, 0.1) is 6.10 Å². The van der Waals surface area contributed by atoms with Crippen molar-refractivity contribution in [2.75, 3.05) is 6.66 Å². The van der Waals surface area contributed by atoms with E-state index >= 15 is 0 Å². The summed E-state index contributed by atoms with van der Waals surface area (Å²) in [5.74, 6) is 0.589. The van der Waals surface area contributed by atoms with E-state index in [4.69, 9.17) is 4.52 Å². The average Bonchev–Trinajstić information content (AvgIpc) is 2.10. The van der Waals surface area contributed by atoms with E-state index in [0.29, 0.717) is 5.92 Å². The maximum atomic E-state index is 12.5. The third-order valence-electron chi connectivity index (χ3n) is 1.98. The highest BCUT2D eigenvalue weighted by molar-refractivity contribution is 7.52. The minimum atomic E-state index is -3.74. The van der Waals surface area contributed by atoms with Gasteiger partial charge in [-0.05, 0) is 25.2 Å². The molecule has 0 aliphatic heterocycles. The molecule has 0 N–H and O–H groups in total. The summed E-state index contributed by atoms with van der Waals surface area (Å²) >= 11 is 0. The van der Waals surface area contributed by atoms with Crippen LogP contribution in [0.4, 0.5) is 4.20 Å². The highest BCUT2D eigenvalue weighted by atomic mass is 31.2. The summed E-state index contributed by atoms with van der Waals surface area (Å²) in [6.45, 7) is 3.12. The fourth-order valence-corrected chi connectivity index (χ4v) is 2.24. The average molecular weight is 180 g/mol. The van der Waals surface area contributed by atoms with Crippen LogP contribution in [-0.4, -0.2) is 12.8 Å². The Morgan fingerprint density at radius 2 is 2.18 bits per heavy atom. The summed E-state index contributed by atoms with van der Waals surface area (Å²) < 4.78 is 27.8. The second kappa shape index (κ2) is 3.24. The molecule has 1 rings (SSSR count). The fraction of sp³-hybridized carbons (Fsp3) is 1.00. The van der Waals surface area contributed by atoms with E-state index in [1.807, 2.05) is 0 Å². The SMILES string of the molecule is C[C@H]1CC[C@@H](OP(C)(=O)F)C1. The predicted octanol–water partition coefficient (Wildman–Crippen LogP) is 2.98. The molecule has 0 radical (unpaired) electrons. The van der Waals surface area contributed by atoms with E-state index in [-0.39, 0.29) is 6.10 Å². The highest BCUT2D eigenvalue weighted by Crippen LogP contribution is 2.48. The number of hydrogen-bond acceptors (Lipinski definition) is 2. The van der Waals surface area contributed by atoms with Crippen LogP contribution in [0.15, 0.2) is 0 Å². The first-order valence-electron chi connectivity index (χ1n) is 3.93. The molecule has 0 heterocycles. The molecular weight excluding hydrogens is 166 g/mol. The summed E-state index contributed by atoms with van der Waals surface area (Å²) in [5.41, 5.74) is 0. The van der Waals surface area contributed by atoms with E-state index in [9.17, 15) is 8.76 Å². The predicted molar refractivity (Wildman–Crippen MR) is 42.5 cm³/mol. The molecule has 0 amide bonds. The Kier molecular flexibility index (Phi) is 2.71. The van der Waals surface area contributed by atoms with Crippen molar-refractivity contribution in [2.45, 2.75) is 32.3 Å². The lowest BCUT2D eigenvalue weighted by atomic mass is 10.1. The topological polar surface area (TPSA) is 26.3 Å². The molecule has 1 unspecified atom stereocenters. The second-order valence-electron chi connectivity index (χ2n) is 3.39. The quantitative estimate of drug-likeness (QED) is 0.610. The molecule has 0 aromatic heterocycles. The summed E-state index contributed by atoms with van der Waals surface area (Å²) in [5, 5.41) is 0. The number of hydrogen-bond donors (Lipinski definition) is 0. The smallest absolute Gasteiger partial charge is 0.302 e. The van der Waals surface area contributed by atoms with Crippen molar-refractivity contribution in [3.63, 3.8) is 0 Å². The van der Waals surface area contributed by atoms with Gasteiger partial charge in [0.2, 0.25) is 0 Å². The maximum absolute atomic E-state index is 12.5. The standard InChI is InChI=1S/C7H14FO2P/c1-6-3-4-7(5-6)10-11(2,8)9/h6-7H,3-5H2,1-2H3/t6-,7+,11?/m0/s1. The Balaban J connectivity index is 2.34. The van der Waals surface area contributed by atoms with Crippen LogP contribution in [0.25, 0.3) is 0 Å². The Bertz CT molecular complexity index is 177. The Hall–Kier alpha value is 0.120. The van der Waals surface area contributed by atoms with Crippen LogP contribution in [0, 0.1) is 5.92 Å². The third kappa shape index (κ3) is 3.35. The Labute approximate surface area is 66.7 Å². The molecule has 0 spiro atoms. The van der Waals surface area contributed by atoms with Crippen LogP contribution in [0.5, 0.6) is 0 Å². The fourth-order valence-electron chi connectivity index (χ4n) is 1.52. The van der Waals surface area contributed by atoms with Gasteiger partial charge in [0, 0.05) is 6.66 Å². The lowest BCUT2D eigenvalue weighted by Crippen LogP contribution is -2.04. The van der Waals surface area contributed by atoms with Gasteiger partial charge >= 0.3 is 7.68 Å². The highest BCUT2D eigenvalue weighted by Gasteiger charge is 2.27. The Morgan fingerprint density at radius 3 is 2.55 bits per heavy atom. The molecule has 1 fully saturated rings. The lowest BCUT2D eigenvalue weighted by molar-refractivity contribution is 0.194. The first-order valence-corrected chi connectivity index (χ1v) is 5.89. The molecule has 0 saturated heterocycles. The van der Waals surface area contributed by atoms with E-state index in [1.54, 1.807) is 0 Å². The molecule has 11 heavy (non-hydrogen) atoms. The number of halogens is 1. The molecule has 3 atom stereocenters. The van der Waals surface area contributed by atoms with Crippen LogP contribution in [0.3, 0.4) is 0 Å². The van der Waals surface area contributed by atoms with Crippen LogP contribution in [0.1, 0.15) is 26.2 Å². The van der Waals surface area contributed by atoms with Crippen molar-refractivity contribution < 1.29 is 13.3 Å². The molecule has 1 aliphatic carbocycles. The van der Waals surface area contributed by atoms with E-state index in [2.05, 4.69) is 6.92 Å². The maximum Gasteiger partial charge on any atom is 0.364 e. The summed E-state index contributed by atoms with van der Waals surface area (Å²) in [6, 6.07) is 0. The van der Waals surface area contributed by atoms with Crippen molar-refractivity contribution >= 4 is 7.68 Å². The molecule has 4 heteroatoms. The first kappa shape index (κ1) is 9.21. The van der Waals surface area contributed by atoms with Crippen molar-refractivity contribution in [2.24, 2.45) is 5.92 Å². The van der Waals surface area contributed by atoms with Crippen LogP contribution in [-0.2, 0) is 9.09 Å². The van der Waals surface area contributed by atoms with Gasteiger partial charge in [0.25, 0.3) is 0 Å². The van der Waals surface area contributed by atoms with E-state index in [0.717, 1.165) is 25.9 Å². The van der Waals surface area contributed by atoms with Crippen molar-refractivity contribution in [3.05, 3.63) is 0 Å². The van der Waals surface area contributed by atoms with Gasteiger partial charge < -0.3 is 4.52 Å². The molecule has 2 nitrogen and oxygen atoms in total. The Morgan fingerprint density at radius 1 is 1.55 bits per heavy atom. The van der Waals surface area contributed by atoms with Gasteiger partial charge in [0.15, 0.2) is 0 Å². The molecule has 66 valence electrons. The van der Waals surface area contributed by atoms with Gasteiger partial charge in [-0.15, -0.1) is 0 Å². The monoisotopic (exact) mass is 180 g/mol. The van der Waals surface area contributed by atoms with Gasteiger partial charge in [-0.1, -0.05) is 6.92 Å². The summed E-state index contributed by atoms with van der Waals surface area (Å²) in [6.07, 6.45) is 2.65. The molecule has 0 aromatic rings. The minimum Gasteiger partial charge on any atom is -0.302 e. The summed E-state index contributed by atoms with van der Waals surface area (Å²) in [7, 11) is -3.74. The molecule has 0 bridgehead atoms. The van der Waals surface area contributed by atoms with Crippen molar-refractivity contribution in [3.8, 4) is 0 Å². The minimum absolute atomic E-state index is 0.106. The van der Waals surface area contributed by atoms with Crippen molar-refractivity contribution in [1.82, 2.24) is 0 Å². The van der Waals surface area contributed by atoms with Gasteiger partial charge in [0.1, 0.15) is 0 Å². The van der Waals surface area contributed by atoms with Crippen LogP contribution in [0.2, 0.25) is 0 Å². The molecule has 0 aromatic carbocycles. The number of rotatable bonds is 2. The first-order chi connectivity index (χ1) is 4.97. The molecule has 1 aliphatic rings. The normalized spacial score (nSPS) is 37.0. The van der Waals surface area contributed by atoms with Crippen LogP contribution < -0.4 is 0 Å². The summed E-state index contributed by atoms with van der Waals surface area (Å²) in [4.78, 5) is 0. The third-order valence-corrected chi connectivity index (χ3v) is 2.66.